The molecule has 270 valence electrons. The Morgan fingerprint density at radius 2 is 1.48 bits per heavy atom. The van der Waals surface area contributed by atoms with Crippen molar-refractivity contribution in [3.05, 3.63) is 4.91 Å². The zero-order valence-corrected chi connectivity index (χ0v) is 30.7. The van der Waals surface area contributed by atoms with E-state index in [2.05, 4.69) is 17.5 Å². The average Bonchev–Trinajstić information content (AvgIpc) is 3.03. The van der Waals surface area contributed by atoms with Gasteiger partial charge < -0.3 is 25.0 Å². The first kappa shape index (κ1) is 42.9. The number of aliphatic hydroxyl groups is 2. The Morgan fingerprint density at radius 1 is 0.913 bits per heavy atom. The number of nitrogens with one attached hydrogen (secondary N) is 1. The quantitative estimate of drug-likeness (QED) is 0.0270. The Labute approximate surface area is 287 Å². The highest BCUT2D eigenvalue weighted by molar-refractivity contribution is 7.99. The van der Waals surface area contributed by atoms with Gasteiger partial charge in [0.15, 0.2) is 6.10 Å². The molecule has 0 aromatic carbocycles. The standard InChI is InChI=1S/C34H64ClN3O7S/c1-6-8-9-10-11-12-13-14-15-16-17-18-19-21-28(40)44-33-31(42)30(41)32(45-34(33)46-5)29(25(3)35)36-27(39)23-22-26(20-7-2)24-38(4)37-43/h25-26,29-34,41-42H,6-24H2,1-5H3,(H,36,39)/t25-,26+,29+,30+,31-,32+,33+,34+/m0/s1. The predicted octanol–water partition coefficient (Wildman–Crippen LogP) is 7.11. The molecular weight excluding hydrogens is 630 g/mol. The van der Waals surface area contributed by atoms with Crippen molar-refractivity contribution in [3.8, 4) is 0 Å². The summed E-state index contributed by atoms with van der Waals surface area (Å²) in [7, 11) is 1.61. The zero-order valence-electron chi connectivity index (χ0n) is 29.2. The molecule has 0 bridgehead atoms. The summed E-state index contributed by atoms with van der Waals surface area (Å²) in [6.07, 6.45) is 15.5. The van der Waals surface area contributed by atoms with Crippen molar-refractivity contribution >= 4 is 35.2 Å². The number of hydrogen-bond donors (Lipinski definition) is 3. The van der Waals surface area contributed by atoms with Gasteiger partial charge in [0.25, 0.3) is 0 Å². The van der Waals surface area contributed by atoms with Crippen LogP contribution in [-0.4, -0.2) is 88.2 Å². The summed E-state index contributed by atoms with van der Waals surface area (Å²) in [5, 5.41) is 28.6. The van der Waals surface area contributed by atoms with Crippen LogP contribution >= 0.6 is 23.4 Å². The van der Waals surface area contributed by atoms with Crippen molar-refractivity contribution in [2.45, 2.75) is 178 Å². The van der Waals surface area contributed by atoms with Crippen molar-refractivity contribution < 1.29 is 29.3 Å². The van der Waals surface area contributed by atoms with E-state index in [9.17, 15) is 24.7 Å². The third-order valence-corrected chi connectivity index (χ3v) is 10.00. The number of unbranched alkanes of at least 4 members (excludes halogenated alkanes) is 12. The summed E-state index contributed by atoms with van der Waals surface area (Å²) in [5.74, 6) is -0.564. The third-order valence-electron chi connectivity index (χ3n) is 8.88. The van der Waals surface area contributed by atoms with E-state index < -0.39 is 47.2 Å². The van der Waals surface area contributed by atoms with Crippen LogP contribution in [0.4, 0.5) is 0 Å². The molecule has 0 spiro atoms. The van der Waals surface area contributed by atoms with Gasteiger partial charge in [0.1, 0.15) is 23.7 Å². The third kappa shape index (κ3) is 17.3. The summed E-state index contributed by atoms with van der Waals surface area (Å²) >= 11 is 7.72. The number of rotatable bonds is 27. The van der Waals surface area contributed by atoms with Crippen molar-refractivity contribution in [2.75, 3.05) is 19.8 Å². The van der Waals surface area contributed by atoms with Gasteiger partial charge in [-0.3, -0.25) is 14.6 Å². The largest absolute Gasteiger partial charge is 0.456 e. The minimum atomic E-state index is -1.43. The maximum absolute atomic E-state index is 12.9. The lowest BCUT2D eigenvalue weighted by molar-refractivity contribution is -0.218. The molecule has 46 heavy (non-hydrogen) atoms. The molecule has 1 heterocycles. The van der Waals surface area contributed by atoms with Crippen LogP contribution in [0, 0.1) is 10.8 Å². The molecule has 1 fully saturated rings. The predicted molar refractivity (Wildman–Crippen MR) is 188 cm³/mol. The summed E-state index contributed by atoms with van der Waals surface area (Å²) in [6.45, 7) is 6.45. The molecule has 0 aliphatic carbocycles. The lowest BCUT2D eigenvalue weighted by Gasteiger charge is -2.45. The number of aliphatic hydroxyl groups excluding tert-OH is 2. The van der Waals surface area contributed by atoms with Crippen LogP contribution in [0.3, 0.4) is 0 Å². The molecule has 0 unspecified atom stereocenters. The number of alkyl halides is 1. The molecule has 1 aliphatic heterocycles. The highest BCUT2D eigenvalue weighted by Gasteiger charge is 2.50. The van der Waals surface area contributed by atoms with E-state index in [1.807, 2.05) is 6.92 Å². The van der Waals surface area contributed by atoms with Crippen LogP contribution in [0.1, 0.15) is 136 Å². The fraction of sp³-hybridized carbons (Fsp3) is 0.941. The highest BCUT2D eigenvalue weighted by atomic mass is 35.5. The molecule has 3 N–H and O–H groups in total. The number of thioether (sulfide) groups is 1. The minimum Gasteiger partial charge on any atom is -0.456 e. The first-order valence-electron chi connectivity index (χ1n) is 17.8. The van der Waals surface area contributed by atoms with E-state index >= 15 is 0 Å². The number of ether oxygens (including phenoxy) is 2. The van der Waals surface area contributed by atoms with Crippen LogP contribution in [-0.2, 0) is 19.1 Å². The van der Waals surface area contributed by atoms with Crippen molar-refractivity contribution in [1.82, 2.24) is 10.3 Å². The van der Waals surface area contributed by atoms with Crippen LogP contribution in [0.25, 0.3) is 0 Å². The van der Waals surface area contributed by atoms with Gasteiger partial charge in [-0.25, -0.2) is 0 Å². The minimum absolute atomic E-state index is 0.125. The summed E-state index contributed by atoms with van der Waals surface area (Å²) in [5.41, 5.74) is -0.742. The topological polar surface area (TPSA) is 138 Å². The van der Waals surface area contributed by atoms with E-state index in [0.717, 1.165) is 25.7 Å². The van der Waals surface area contributed by atoms with Crippen molar-refractivity contribution in [3.63, 3.8) is 0 Å². The fourth-order valence-electron chi connectivity index (χ4n) is 6.17. The lowest BCUT2D eigenvalue weighted by Crippen LogP contribution is -2.65. The van der Waals surface area contributed by atoms with Gasteiger partial charge in [0.05, 0.1) is 16.7 Å². The number of halogens is 1. The Kier molecular flexibility index (Phi) is 24.1. The summed E-state index contributed by atoms with van der Waals surface area (Å²) in [6, 6.07) is -0.792. The van der Waals surface area contributed by atoms with Crippen molar-refractivity contribution in [1.29, 1.82) is 0 Å². The molecule has 1 aliphatic rings. The Hall–Kier alpha value is -1.14. The maximum Gasteiger partial charge on any atom is 0.306 e. The van der Waals surface area contributed by atoms with Gasteiger partial charge >= 0.3 is 5.97 Å². The second kappa shape index (κ2) is 25.8. The Bertz CT molecular complexity index is 826. The number of carbonyl (C=O) groups excluding carboxylic acids is 2. The van der Waals surface area contributed by atoms with E-state index in [-0.39, 0.29) is 24.7 Å². The fourth-order valence-corrected chi connectivity index (χ4v) is 7.10. The smallest absolute Gasteiger partial charge is 0.306 e. The molecule has 0 aromatic rings. The molecule has 1 saturated heterocycles. The Balaban J connectivity index is 2.51. The van der Waals surface area contributed by atoms with Gasteiger partial charge in [-0.1, -0.05) is 97.3 Å². The van der Waals surface area contributed by atoms with Crippen LogP contribution in [0.2, 0.25) is 0 Å². The van der Waals surface area contributed by atoms with Crippen LogP contribution < -0.4 is 5.32 Å². The van der Waals surface area contributed by atoms with Gasteiger partial charge in [-0.2, -0.15) is 0 Å². The Morgan fingerprint density at radius 3 is 1.98 bits per heavy atom. The van der Waals surface area contributed by atoms with E-state index in [1.54, 1.807) is 20.2 Å². The number of hydrogen-bond acceptors (Lipinski definition) is 9. The van der Waals surface area contributed by atoms with Crippen LogP contribution in [0.15, 0.2) is 5.29 Å². The highest BCUT2D eigenvalue weighted by Crippen LogP contribution is 2.32. The molecular formula is C34H64ClN3O7S. The zero-order chi connectivity index (χ0) is 34.3. The molecule has 12 heteroatoms. The lowest BCUT2D eigenvalue weighted by atomic mass is 9.92. The number of nitroso groups, excluding NO2 is 1. The SMILES string of the molecule is CCCCCCCCCCCCCCCC(=O)O[C@@H]1[C@@H](O)[C@@H](O)[C@@H]([C@H](NC(=O)CC[C@@H](CCC)CN(C)N=O)[C@H](C)Cl)O[C@@H]1SC. The normalized spacial score (nSPS) is 23.3. The molecule has 1 rings (SSSR count). The van der Waals surface area contributed by atoms with E-state index in [0.29, 0.717) is 19.4 Å². The van der Waals surface area contributed by atoms with Gasteiger partial charge in [-0.05, 0) is 38.4 Å². The van der Waals surface area contributed by atoms with Crippen LogP contribution in [0.5, 0.6) is 0 Å². The van der Waals surface area contributed by atoms with Gasteiger partial charge in [-0.15, -0.1) is 28.3 Å². The maximum atomic E-state index is 12.9. The molecule has 0 radical (unpaired) electrons. The van der Waals surface area contributed by atoms with Gasteiger partial charge in [0.2, 0.25) is 5.91 Å². The van der Waals surface area contributed by atoms with E-state index in [1.165, 1.54) is 81.0 Å². The number of nitrogens with zero attached hydrogens (tertiary/aromatic N) is 2. The number of esters is 1. The molecule has 8 atom stereocenters. The number of carbonyl (C=O) groups is 2. The van der Waals surface area contributed by atoms with Gasteiger partial charge in [0, 0.05) is 26.4 Å². The first-order valence-corrected chi connectivity index (χ1v) is 19.5. The average molecular weight is 694 g/mol. The molecule has 1 amide bonds. The number of amides is 1. The molecule has 0 aromatic heterocycles. The first-order chi connectivity index (χ1) is 22.1. The summed E-state index contributed by atoms with van der Waals surface area (Å²) < 4.78 is 11.8. The van der Waals surface area contributed by atoms with E-state index in [4.69, 9.17) is 21.1 Å². The molecule has 10 nitrogen and oxygen atoms in total. The second-order valence-corrected chi connectivity index (χ2v) is 14.6. The monoisotopic (exact) mass is 693 g/mol. The summed E-state index contributed by atoms with van der Waals surface area (Å²) in [4.78, 5) is 36.4. The molecule has 0 saturated carbocycles. The second-order valence-electron chi connectivity index (χ2n) is 13.0. The van der Waals surface area contributed by atoms with Crippen molar-refractivity contribution in [2.24, 2.45) is 11.2 Å².